The van der Waals surface area contributed by atoms with Gasteiger partial charge in [-0.1, -0.05) is 0 Å². The van der Waals surface area contributed by atoms with Gasteiger partial charge in [-0.3, -0.25) is 4.79 Å². The van der Waals surface area contributed by atoms with Crippen molar-refractivity contribution < 1.29 is 17.8 Å². The van der Waals surface area contributed by atoms with Crippen LogP contribution in [-0.2, 0) is 34.0 Å². The number of carbonyl (C=O) groups excluding carboxylic acids is 1. The molecule has 1 atom stereocenters. The molecule has 1 N–H and O–H groups in total. The molecular weight excluding hydrogens is 288 g/mol. The van der Waals surface area contributed by atoms with E-state index in [2.05, 4.69) is 17.6 Å². The van der Waals surface area contributed by atoms with Gasteiger partial charge >= 0.3 is 0 Å². The second-order valence-corrected chi connectivity index (χ2v) is 8.27. The van der Waals surface area contributed by atoms with Crippen molar-refractivity contribution in [3.05, 3.63) is 29.6 Å². The third kappa shape index (κ3) is 3.61. The van der Waals surface area contributed by atoms with Gasteiger partial charge in [-0.05, 0) is 37.7 Å². The Morgan fingerprint density at radius 2 is 2.05 bits per heavy atom. The van der Waals surface area contributed by atoms with E-state index in [0.717, 1.165) is 12.8 Å². The number of fused-ring (bicyclic) bond motifs is 1. The monoisotopic (exact) mass is 309 g/mol. The first-order chi connectivity index (χ1) is 10.0. The number of nitrogens with zero attached hydrogens (tertiary/aromatic N) is 1. The third-order valence-corrected chi connectivity index (χ3v) is 6.04. The highest BCUT2D eigenvalue weighted by Gasteiger charge is 2.29. The molecule has 114 valence electrons. The highest BCUT2D eigenvalue weighted by Crippen LogP contribution is 2.18. The molecule has 6 heteroatoms. The summed E-state index contributed by atoms with van der Waals surface area (Å²) in [7, 11) is -2.95. The molecular formula is C15H21N2O3S+. The van der Waals surface area contributed by atoms with Crippen LogP contribution < -0.4 is 9.88 Å². The Balaban J connectivity index is 1.60. The van der Waals surface area contributed by atoms with Gasteiger partial charge in [-0.15, -0.1) is 0 Å². The number of carbonyl (C=O) groups is 1. The molecule has 1 amide bonds. The van der Waals surface area contributed by atoms with Gasteiger partial charge in [0, 0.05) is 17.7 Å². The van der Waals surface area contributed by atoms with E-state index in [1.165, 1.54) is 24.0 Å². The predicted molar refractivity (Wildman–Crippen MR) is 78.5 cm³/mol. The molecule has 0 spiro atoms. The molecule has 1 aromatic heterocycles. The zero-order chi connectivity index (χ0) is 14.9. The smallest absolute Gasteiger partial charge is 0.286 e. The summed E-state index contributed by atoms with van der Waals surface area (Å²) in [5.74, 6) is 0.148. The topological polar surface area (TPSA) is 67.1 Å². The van der Waals surface area contributed by atoms with Gasteiger partial charge in [0.15, 0.2) is 22.2 Å². The minimum absolute atomic E-state index is 0.0770. The Morgan fingerprint density at radius 3 is 2.76 bits per heavy atom. The maximum absolute atomic E-state index is 12.0. The highest BCUT2D eigenvalue weighted by molar-refractivity contribution is 7.91. The summed E-state index contributed by atoms with van der Waals surface area (Å²) < 4.78 is 24.7. The first-order valence-electron chi connectivity index (χ1n) is 7.52. The molecule has 2 heterocycles. The summed E-state index contributed by atoms with van der Waals surface area (Å²) in [6.07, 6.45) is 9.19. The van der Waals surface area contributed by atoms with Gasteiger partial charge in [0.05, 0.1) is 11.5 Å². The molecule has 1 aliphatic carbocycles. The van der Waals surface area contributed by atoms with Crippen molar-refractivity contribution in [2.75, 3.05) is 11.5 Å². The third-order valence-electron chi connectivity index (χ3n) is 4.27. The van der Waals surface area contributed by atoms with Gasteiger partial charge in [0.2, 0.25) is 6.54 Å². The van der Waals surface area contributed by atoms with Gasteiger partial charge in [0.1, 0.15) is 0 Å². The number of nitrogens with one attached hydrogen (secondary N) is 1. The van der Waals surface area contributed by atoms with Crippen LogP contribution in [0, 0.1) is 0 Å². The first kappa shape index (κ1) is 14.5. The summed E-state index contributed by atoms with van der Waals surface area (Å²) in [5.41, 5.74) is 2.72. The average Bonchev–Trinajstić information content (AvgIpc) is 2.77. The van der Waals surface area contributed by atoms with Crippen LogP contribution in [-0.4, -0.2) is 31.9 Å². The van der Waals surface area contributed by atoms with Crippen LogP contribution in [0.2, 0.25) is 0 Å². The molecule has 0 aromatic carbocycles. The van der Waals surface area contributed by atoms with Crippen molar-refractivity contribution in [2.24, 2.45) is 0 Å². The maximum atomic E-state index is 12.0. The predicted octanol–water partition coefficient (Wildman–Crippen LogP) is 0.156. The van der Waals surface area contributed by atoms with Gasteiger partial charge < -0.3 is 5.32 Å². The molecule has 0 unspecified atom stereocenters. The number of hydrogen-bond donors (Lipinski definition) is 1. The van der Waals surface area contributed by atoms with Crippen LogP contribution in [0.15, 0.2) is 18.5 Å². The minimum atomic E-state index is -2.95. The lowest BCUT2D eigenvalue weighted by molar-refractivity contribution is -0.685. The first-order valence-corrected chi connectivity index (χ1v) is 9.35. The Hall–Kier alpha value is -1.43. The van der Waals surface area contributed by atoms with Crippen LogP contribution in [0.4, 0.5) is 0 Å². The van der Waals surface area contributed by atoms with Crippen LogP contribution in [0.1, 0.15) is 30.4 Å². The van der Waals surface area contributed by atoms with E-state index in [4.69, 9.17) is 0 Å². The van der Waals surface area contributed by atoms with E-state index in [0.29, 0.717) is 6.42 Å². The van der Waals surface area contributed by atoms with Crippen LogP contribution in [0.5, 0.6) is 0 Å². The maximum Gasteiger partial charge on any atom is 0.286 e. The quantitative estimate of drug-likeness (QED) is 0.809. The summed E-state index contributed by atoms with van der Waals surface area (Å²) in [6.45, 7) is 0.254. The molecule has 2 aliphatic rings. The molecule has 0 bridgehead atoms. The summed E-state index contributed by atoms with van der Waals surface area (Å²) in [6, 6.07) is 1.88. The van der Waals surface area contributed by atoms with Crippen molar-refractivity contribution in [1.29, 1.82) is 0 Å². The van der Waals surface area contributed by atoms with Crippen molar-refractivity contribution in [3.8, 4) is 0 Å². The van der Waals surface area contributed by atoms with E-state index in [1.807, 2.05) is 10.8 Å². The second kappa shape index (κ2) is 5.75. The van der Waals surface area contributed by atoms with E-state index >= 15 is 0 Å². The summed E-state index contributed by atoms with van der Waals surface area (Å²) in [4.78, 5) is 12.0. The van der Waals surface area contributed by atoms with Crippen LogP contribution >= 0.6 is 0 Å². The Kier molecular flexibility index (Phi) is 3.97. The van der Waals surface area contributed by atoms with Crippen molar-refractivity contribution in [2.45, 2.75) is 44.7 Å². The average molecular weight is 309 g/mol. The molecule has 0 saturated carbocycles. The number of pyridine rings is 1. The normalized spacial score (nSPS) is 23.5. The molecule has 3 rings (SSSR count). The zero-order valence-corrected chi connectivity index (χ0v) is 12.9. The van der Waals surface area contributed by atoms with E-state index in [-0.39, 0.29) is 30.0 Å². The Labute approximate surface area is 125 Å². The fourth-order valence-electron chi connectivity index (χ4n) is 3.17. The van der Waals surface area contributed by atoms with Crippen molar-refractivity contribution in [3.63, 3.8) is 0 Å². The van der Waals surface area contributed by atoms with Crippen LogP contribution in [0.25, 0.3) is 0 Å². The fraction of sp³-hybridized carbons (Fsp3) is 0.600. The molecule has 21 heavy (non-hydrogen) atoms. The summed E-state index contributed by atoms with van der Waals surface area (Å²) >= 11 is 0. The van der Waals surface area contributed by atoms with E-state index in [1.54, 1.807) is 0 Å². The molecule has 1 saturated heterocycles. The number of aryl methyl sites for hydroxylation is 2. The second-order valence-electron chi connectivity index (χ2n) is 6.04. The number of sulfone groups is 1. The van der Waals surface area contributed by atoms with Crippen molar-refractivity contribution in [1.82, 2.24) is 5.32 Å². The lowest BCUT2D eigenvalue weighted by atomic mass is 9.93. The molecule has 1 aromatic rings. The van der Waals surface area contributed by atoms with Gasteiger partial charge in [-0.2, -0.15) is 4.57 Å². The molecule has 0 radical (unpaired) electrons. The lowest BCUT2D eigenvalue weighted by Gasteiger charge is -2.13. The van der Waals surface area contributed by atoms with Gasteiger partial charge in [0.25, 0.3) is 5.91 Å². The number of amides is 1. The Morgan fingerprint density at radius 1 is 1.29 bits per heavy atom. The van der Waals surface area contributed by atoms with E-state index in [9.17, 15) is 13.2 Å². The van der Waals surface area contributed by atoms with Gasteiger partial charge in [-0.25, -0.2) is 8.42 Å². The standard InChI is InChI=1S/C15H20N2O3S/c18-15(16-14-6-8-21(19,20)11-14)10-17-7-5-12-3-1-2-4-13(12)9-17/h5,7,9,14H,1-4,6,8,10-11H2/p+1/t14-/m0/s1. The number of rotatable bonds is 3. The largest absolute Gasteiger partial charge is 0.347 e. The zero-order valence-electron chi connectivity index (χ0n) is 12.0. The number of aromatic nitrogens is 1. The highest BCUT2D eigenvalue weighted by atomic mass is 32.2. The molecule has 5 nitrogen and oxygen atoms in total. The molecule has 1 fully saturated rings. The number of hydrogen-bond acceptors (Lipinski definition) is 3. The molecule has 1 aliphatic heterocycles. The summed E-state index contributed by atoms with van der Waals surface area (Å²) in [5, 5.41) is 2.82. The minimum Gasteiger partial charge on any atom is -0.347 e. The lowest BCUT2D eigenvalue weighted by Crippen LogP contribution is -2.46. The SMILES string of the molecule is O=C(C[n+]1ccc2c(c1)CCCC2)N[C@H]1CCS(=O)(=O)C1. The van der Waals surface area contributed by atoms with Crippen LogP contribution in [0.3, 0.4) is 0 Å². The van der Waals surface area contributed by atoms with Crippen molar-refractivity contribution >= 4 is 15.7 Å². The Bertz CT molecular complexity index is 655. The van der Waals surface area contributed by atoms with E-state index < -0.39 is 9.84 Å². The fourth-order valence-corrected chi connectivity index (χ4v) is 4.84.